The summed E-state index contributed by atoms with van der Waals surface area (Å²) < 4.78 is 47.8. The molecule has 2 saturated carbocycles. The van der Waals surface area contributed by atoms with Crippen LogP contribution in [0.2, 0.25) is 0 Å². The normalized spacial score (nSPS) is 35.0. The van der Waals surface area contributed by atoms with Gasteiger partial charge in [-0.05, 0) is 114 Å². The summed E-state index contributed by atoms with van der Waals surface area (Å²) in [4.78, 5) is 25.9. The molecule has 42 heavy (non-hydrogen) atoms. The van der Waals surface area contributed by atoms with Crippen molar-refractivity contribution in [2.45, 2.75) is 115 Å². The fraction of sp³-hybridized carbons (Fsp3) is 0.657. The van der Waals surface area contributed by atoms with Crippen molar-refractivity contribution in [1.82, 2.24) is 0 Å². The van der Waals surface area contributed by atoms with E-state index in [0.29, 0.717) is 48.9 Å². The van der Waals surface area contributed by atoms with Gasteiger partial charge in [0.05, 0.1) is 13.0 Å². The van der Waals surface area contributed by atoms with E-state index in [0.717, 1.165) is 68.8 Å². The summed E-state index contributed by atoms with van der Waals surface area (Å²) in [6.07, 6.45) is 14.5. The number of benzene rings is 1. The van der Waals surface area contributed by atoms with Crippen LogP contribution >= 0.6 is 0 Å². The van der Waals surface area contributed by atoms with Crippen LogP contribution in [0.1, 0.15) is 111 Å². The van der Waals surface area contributed by atoms with Crippen molar-refractivity contribution in [2.24, 2.45) is 23.2 Å². The van der Waals surface area contributed by atoms with E-state index >= 15 is 0 Å². The molecule has 0 saturated heterocycles. The third-order valence-electron chi connectivity index (χ3n) is 10.5. The monoisotopic (exact) mass is 584 g/mol. The van der Waals surface area contributed by atoms with E-state index < -0.39 is 28.8 Å². The Hall–Kier alpha value is -2.70. The summed E-state index contributed by atoms with van der Waals surface area (Å²) in [5, 5.41) is 0. The quantitative estimate of drug-likeness (QED) is 0.286. The molecule has 7 heteroatoms. The fourth-order valence-electron chi connectivity index (χ4n) is 8.97. The topological polar surface area (TPSA) is 61.8 Å². The van der Waals surface area contributed by atoms with E-state index in [-0.39, 0.29) is 31.5 Å². The minimum atomic E-state index is -0.863. The van der Waals surface area contributed by atoms with Gasteiger partial charge in [-0.15, -0.1) is 0 Å². The average Bonchev–Trinajstić information content (AvgIpc) is 3.23. The summed E-state index contributed by atoms with van der Waals surface area (Å²) in [6.45, 7) is 5.94. The molecule has 0 aromatic heterocycles. The molecule has 1 aromatic carbocycles. The van der Waals surface area contributed by atoms with Crippen LogP contribution in [-0.2, 0) is 19.1 Å². The molecule has 5 atom stereocenters. The number of carbonyl (C=O) groups excluding carboxylic acids is 2. The second-order valence-corrected chi connectivity index (χ2v) is 14.4. The molecule has 4 bridgehead atoms. The Morgan fingerprint density at radius 1 is 0.952 bits per heavy atom. The van der Waals surface area contributed by atoms with Gasteiger partial charge < -0.3 is 14.2 Å². The third kappa shape index (κ3) is 5.90. The molecule has 6 aliphatic rings. The van der Waals surface area contributed by atoms with Gasteiger partial charge in [-0.25, -0.2) is 8.78 Å². The average molecular weight is 585 g/mol. The second kappa shape index (κ2) is 11.1. The molecule has 230 valence electrons. The first-order valence-corrected chi connectivity index (χ1v) is 15.9. The highest BCUT2D eigenvalue weighted by Gasteiger charge is 2.53. The maximum absolute atomic E-state index is 14.9. The highest BCUT2D eigenvalue weighted by atomic mass is 19.1. The van der Waals surface area contributed by atoms with Crippen molar-refractivity contribution in [3.8, 4) is 5.75 Å². The summed E-state index contributed by atoms with van der Waals surface area (Å²) in [7, 11) is 0. The molecule has 0 amide bonds. The van der Waals surface area contributed by atoms with Gasteiger partial charge in [-0.2, -0.15) is 0 Å². The number of esters is 1. The van der Waals surface area contributed by atoms with Crippen molar-refractivity contribution in [3.63, 3.8) is 0 Å². The SMILES string of the molecule is CC1(C)CC2(C)C=C(O1)C1CCC3(CCCC(=O)C3)C1CCC1CC=C(CC1)c1cc(F)cc(F)c1OCCC(=O)O2.[HH]. The van der Waals surface area contributed by atoms with Crippen LogP contribution in [-0.4, -0.2) is 29.6 Å². The highest BCUT2D eigenvalue weighted by Crippen LogP contribution is 2.59. The van der Waals surface area contributed by atoms with Gasteiger partial charge in [0.25, 0.3) is 0 Å². The predicted octanol–water partition coefficient (Wildman–Crippen LogP) is 8.50. The molecule has 5 nitrogen and oxygen atoms in total. The van der Waals surface area contributed by atoms with Crippen LogP contribution in [0.25, 0.3) is 5.57 Å². The van der Waals surface area contributed by atoms with Gasteiger partial charge in [0.2, 0.25) is 0 Å². The Morgan fingerprint density at radius 2 is 1.79 bits per heavy atom. The maximum atomic E-state index is 14.9. The first kappa shape index (κ1) is 29.4. The Morgan fingerprint density at radius 3 is 2.55 bits per heavy atom. The van der Waals surface area contributed by atoms with E-state index in [1.54, 1.807) is 0 Å². The number of carbonyl (C=O) groups is 2. The van der Waals surface area contributed by atoms with Gasteiger partial charge in [0.1, 0.15) is 28.6 Å². The van der Waals surface area contributed by atoms with E-state index in [2.05, 4.69) is 6.08 Å². The Balaban J connectivity index is 0.00000368. The Kier molecular flexibility index (Phi) is 7.76. The number of allylic oxidation sites excluding steroid dienone is 3. The first-order valence-electron chi connectivity index (χ1n) is 15.9. The molecular formula is C35H46F2O5. The number of hydrogen-bond donors (Lipinski definition) is 0. The molecule has 0 radical (unpaired) electrons. The van der Waals surface area contributed by atoms with Gasteiger partial charge in [-0.1, -0.05) is 6.08 Å². The smallest absolute Gasteiger partial charge is 0.310 e. The van der Waals surface area contributed by atoms with E-state index in [9.17, 15) is 18.4 Å². The summed E-state index contributed by atoms with van der Waals surface area (Å²) >= 11 is 0. The maximum Gasteiger partial charge on any atom is 0.310 e. The molecule has 3 aliphatic heterocycles. The van der Waals surface area contributed by atoms with Gasteiger partial charge in [-0.3, -0.25) is 9.59 Å². The van der Waals surface area contributed by atoms with Crippen LogP contribution in [0.5, 0.6) is 5.75 Å². The van der Waals surface area contributed by atoms with Crippen molar-refractivity contribution in [3.05, 3.63) is 47.2 Å². The molecule has 7 rings (SSSR count). The van der Waals surface area contributed by atoms with Crippen LogP contribution in [0.4, 0.5) is 8.78 Å². The van der Waals surface area contributed by atoms with Crippen molar-refractivity contribution in [1.29, 1.82) is 0 Å². The van der Waals surface area contributed by atoms with Gasteiger partial charge in [0.15, 0.2) is 11.6 Å². The number of fused-ring (bicyclic) bond motifs is 7. The van der Waals surface area contributed by atoms with Gasteiger partial charge >= 0.3 is 5.97 Å². The molecular weight excluding hydrogens is 538 g/mol. The molecule has 0 N–H and O–H groups in total. The standard InChI is InChI=1S/C35H44F2O5.H2/c1-33(2)21-34(3)20-30(41-33)26-12-15-35(14-4-5-25(38)19-35)28(26)11-8-22-6-9-23(10-7-22)27-17-24(36)18-29(37)32(27)40-16-13-31(39)42-34;/h9,17-18,20,22,26,28H,4-8,10-16,19,21H2,1-3H3;1H. The summed E-state index contributed by atoms with van der Waals surface area (Å²) in [6, 6.07) is 2.17. The van der Waals surface area contributed by atoms with Crippen LogP contribution in [0, 0.1) is 34.8 Å². The third-order valence-corrected chi connectivity index (χ3v) is 10.5. The zero-order chi connectivity index (χ0) is 29.7. The Bertz CT molecular complexity index is 1320. The molecule has 5 unspecified atom stereocenters. The first-order chi connectivity index (χ1) is 19.9. The van der Waals surface area contributed by atoms with Crippen LogP contribution < -0.4 is 4.74 Å². The summed E-state index contributed by atoms with van der Waals surface area (Å²) in [5.41, 5.74) is -0.0735. The number of halogens is 2. The fourth-order valence-corrected chi connectivity index (χ4v) is 8.97. The number of hydrogen-bond acceptors (Lipinski definition) is 5. The number of ether oxygens (including phenoxy) is 3. The Labute approximate surface area is 249 Å². The van der Waals surface area contributed by atoms with Crippen molar-refractivity contribution in [2.75, 3.05) is 6.61 Å². The number of ketones is 1. The lowest BCUT2D eigenvalue weighted by molar-refractivity contribution is -0.163. The number of Topliss-reactive ketones (excluding diaryl/α,β-unsaturated/α-hetero) is 1. The summed E-state index contributed by atoms with van der Waals surface area (Å²) in [5.74, 6) is 0.412. The zero-order valence-electron chi connectivity index (χ0n) is 25.2. The van der Waals surface area contributed by atoms with E-state index in [1.807, 2.05) is 26.8 Å². The lowest BCUT2D eigenvalue weighted by Crippen LogP contribution is -2.45. The molecule has 1 spiro atoms. The van der Waals surface area contributed by atoms with Crippen LogP contribution in [0.3, 0.4) is 0 Å². The minimum absolute atomic E-state index is 0. The molecule has 1 aromatic rings. The van der Waals surface area contributed by atoms with Gasteiger partial charge in [0, 0.05) is 38.2 Å². The molecule has 2 fully saturated rings. The zero-order valence-corrected chi connectivity index (χ0v) is 25.2. The minimum Gasteiger partial charge on any atom is -0.492 e. The highest BCUT2D eigenvalue weighted by molar-refractivity contribution is 5.80. The van der Waals surface area contributed by atoms with Crippen molar-refractivity contribution < 1.29 is 34.0 Å². The van der Waals surface area contributed by atoms with Crippen molar-refractivity contribution >= 4 is 17.3 Å². The number of rotatable bonds is 0. The predicted molar refractivity (Wildman–Crippen MR) is 158 cm³/mol. The van der Waals surface area contributed by atoms with Crippen LogP contribution in [0.15, 0.2) is 30.0 Å². The molecule has 3 heterocycles. The largest absolute Gasteiger partial charge is 0.492 e. The second-order valence-electron chi connectivity index (χ2n) is 14.4. The lowest BCUT2D eigenvalue weighted by atomic mass is 9.63. The lowest BCUT2D eigenvalue weighted by Gasteiger charge is -2.45. The van der Waals surface area contributed by atoms with E-state index in [1.165, 1.54) is 6.07 Å². The molecule has 3 aliphatic carbocycles. The van der Waals surface area contributed by atoms with E-state index in [4.69, 9.17) is 14.2 Å².